The molecule has 8 heteroatoms. The van der Waals surface area contributed by atoms with E-state index in [0.717, 1.165) is 75.7 Å². The number of nitrogens with zero attached hydrogens (tertiary/aromatic N) is 2. The second kappa shape index (κ2) is 11.6. The summed E-state index contributed by atoms with van der Waals surface area (Å²) >= 11 is 0. The van der Waals surface area contributed by atoms with Crippen molar-refractivity contribution >= 4 is 30.7 Å². The number of halogens is 2. The second-order valence-electron chi connectivity index (χ2n) is 6.82. The highest BCUT2D eigenvalue weighted by atomic mass is 35.5. The molecule has 1 N–H and O–H groups in total. The van der Waals surface area contributed by atoms with Gasteiger partial charge in [-0.3, -0.25) is 9.69 Å². The summed E-state index contributed by atoms with van der Waals surface area (Å²) in [6.45, 7) is 6.09. The van der Waals surface area contributed by atoms with Crippen molar-refractivity contribution in [3.05, 3.63) is 23.8 Å². The molecule has 1 unspecified atom stereocenters. The van der Waals surface area contributed by atoms with Crippen LogP contribution in [0.2, 0.25) is 0 Å². The normalized spacial score (nSPS) is 20.2. The van der Waals surface area contributed by atoms with E-state index in [1.807, 2.05) is 23.1 Å². The first kappa shape index (κ1) is 23.8. The molecule has 27 heavy (non-hydrogen) atoms. The predicted molar refractivity (Wildman–Crippen MR) is 111 cm³/mol. The monoisotopic (exact) mass is 419 g/mol. The van der Waals surface area contributed by atoms with Gasteiger partial charge in [-0.05, 0) is 37.6 Å². The summed E-state index contributed by atoms with van der Waals surface area (Å²) in [4.78, 5) is 17.0. The SMILES string of the molecule is COc1ccc(OC)c(CN2CCN(C(=O)C3CCCNC3)CC2)c1.Cl.Cl. The fraction of sp³-hybridized carbons (Fsp3) is 0.632. The lowest BCUT2D eigenvalue weighted by molar-refractivity contribution is -0.137. The van der Waals surface area contributed by atoms with Gasteiger partial charge in [-0.15, -0.1) is 24.8 Å². The van der Waals surface area contributed by atoms with Crippen LogP contribution in [0.1, 0.15) is 18.4 Å². The van der Waals surface area contributed by atoms with Crippen LogP contribution in [0.4, 0.5) is 0 Å². The molecule has 154 valence electrons. The standard InChI is InChI=1S/C19H29N3O3.2ClH/c1-24-17-5-6-18(25-2)16(12-17)14-21-8-10-22(11-9-21)19(23)15-4-3-7-20-13-15;;/h5-6,12,15,20H,3-4,7-11,13-14H2,1-2H3;2*1H. The molecule has 3 rings (SSSR count). The minimum absolute atomic E-state index is 0. The van der Waals surface area contributed by atoms with Crippen LogP contribution in [0, 0.1) is 5.92 Å². The number of hydrogen-bond donors (Lipinski definition) is 1. The van der Waals surface area contributed by atoms with Crippen LogP contribution in [0.5, 0.6) is 11.5 Å². The van der Waals surface area contributed by atoms with Crippen LogP contribution in [0.3, 0.4) is 0 Å². The number of piperazine rings is 1. The summed E-state index contributed by atoms with van der Waals surface area (Å²) < 4.78 is 10.8. The zero-order chi connectivity index (χ0) is 17.6. The van der Waals surface area contributed by atoms with E-state index < -0.39 is 0 Å². The third-order valence-corrected chi connectivity index (χ3v) is 5.21. The van der Waals surface area contributed by atoms with E-state index in [1.165, 1.54) is 0 Å². The summed E-state index contributed by atoms with van der Waals surface area (Å²) in [6, 6.07) is 5.89. The number of carbonyl (C=O) groups excluding carboxylic acids is 1. The fourth-order valence-electron chi connectivity index (χ4n) is 3.69. The van der Waals surface area contributed by atoms with E-state index in [1.54, 1.807) is 14.2 Å². The highest BCUT2D eigenvalue weighted by Gasteiger charge is 2.28. The molecule has 2 aliphatic rings. The molecular formula is C19H31Cl2N3O3. The quantitative estimate of drug-likeness (QED) is 0.792. The molecule has 0 aromatic heterocycles. The first-order chi connectivity index (χ1) is 12.2. The van der Waals surface area contributed by atoms with Crippen molar-refractivity contribution in [3.8, 4) is 11.5 Å². The van der Waals surface area contributed by atoms with Crippen molar-refractivity contribution in [2.75, 3.05) is 53.5 Å². The van der Waals surface area contributed by atoms with Gasteiger partial charge in [-0.1, -0.05) is 0 Å². The van der Waals surface area contributed by atoms with E-state index >= 15 is 0 Å². The van der Waals surface area contributed by atoms with Gasteiger partial charge in [0.25, 0.3) is 0 Å². The summed E-state index contributed by atoms with van der Waals surface area (Å²) in [7, 11) is 3.37. The lowest BCUT2D eigenvalue weighted by atomic mass is 9.98. The maximum absolute atomic E-state index is 12.6. The predicted octanol–water partition coefficient (Wildman–Crippen LogP) is 2.19. The van der Waals surface area contributed by atoms with Crippen LogP contribution in [0.15, 0.2) is 18.2 Å². The summed E-state index contributed by atoms with van der Waals surface area (Å²) in [5.41, 5.74) is 1.12. The minimum atomic E-state index is 0. The van der Waals surface area contributed by atoms with Gasteiger partial charge in [0.1, 0.15) is 11.5 Å². The third-order valence-electron chi connectivity index (χ3n) is 5.21. The number of hydrogen-bond acceptors (Lipinski definition) is 5. The van der Waals surface area contributed by atoms with Gasteiger partial charge in [0.2, 0.25) is 5.91 Å². The molecule has 0 radical (unpaired) electrons. The van der Waals surface area contributed by atoms with E-state index in [2.05, 4.69) is 10.2 Å². The van der Waals surface area contributed by atoms with Crippen molar-refractivity contribution in [2.45, 2.75) is 19.4 Å². The smallest absolute Gasteiger partial charge is 0.227 e. The zero-order valence-corrected chi connectivity index (χ0v) is 17.7. The number of piperidine rings is 1. The number of carbonyl (C=O) groups is 1. The molecule has 1 aromatic carbocycles. The molecule has 0 spiro atoms. The Labute approximate surface area is 174 Å². The number of amides is 1. The van der Waals surface area contributed by atoms with Crippen molar-refractivity contribution in [1.29, 1.82) is 0 Å². The largest absolute Gasteiger partial charge is 0.497 e. The van der Waals surface area contributed by atoms with E-state index in [4.69, 9.17) is 9.47 Å². The molecule has 2 saturated heterocycles. The number of rotatable bonds is 5. The third kappa shape index (κ3) is 6.14. The van der Waals surface area contributed by atoms with Crippen LogP contribution >= 0.6 is 24.8 Å². The van der Waals surface area contributed by atoms with Crippen LogP contribution < -0.4 is 14.8 Å². The fourth-order valence-corrected chi connectivity index (χ4v) is 3.69. The Hall–Kier alpha value is -1.21. The van der Waals surface area contributed by atoms with E-state index in [9.17, 15) is 4.79 Å². The molecule has 6 nitrogen and oxygen atoms in total. The molecule has 0 bridgehead atoms. The molecule has 0 aliphatic carbocycles. The Morgan fingerprint density at radius 1 is 1.15 bits per heavy atom. The summed E-state index contributed by atoms with van der Waals surface area (Å²) in [6.07, 6.45) is 2.12. The number of benzene rings is 1. The van der Waals surface area contributed by atoms with Gasteiger partial charge in [0.05, 0.1) is 20.1 Å². The van der Waals surface area contributed by atoms with Gasteiger partial charge in [-0.25, -0.2) is 0 Å². The first-order valence-electron chi connectivity index (χ1n) is 9.14. The Morgan fingerprint density at radius 3 is 2.48 bits per heavy atom. The zero-order valence-electron chi connectivity index (χ0n) is 16.1. The Balaban J connectivity index is 0.00000182. The summed E-state index contributed by atoms with van der Waals surface area (Å²) in [5.74, 6) is 2.21. The van der Waals surface area contributed by atoms with Gasteiger partial charge < -0.3 is 19.7 Å². The topological polar surface area (TPSA) is 54.0 Å². The number of nitrogens with one attached hydrogen (secondary N) is 1. The van der Waals surface area contributed by atoms with Gasteiger partial charge in [0, 0.05) is 44.8 Å². The lowest BCUT2D eigenvalue weighted by Crippen LogP contribution is -2.51. The van der Waals surface area contributed by atoms with E-state index in [-0.39, 0.29) is 30.7 Å². The molecular weight excluding hydrogens is 389 g/mol. The number of methoxy groups -OCH3 is 2. The van der Waals surface area contributed by atoms with E-state index in [0.29, 0.717) is 5.91 Å². The van der Waals surface area contributed by atoms with Crippen LogP contribution in [-0.2, 0) is 11.3 Å². The molecule has 2 heterocycles. The van der Waals surface area contributed by atoms with Crippen molar-refractivity contribution < 1.29 is 14.3 Å². The van der Waals surface area contributed by atoms with Gasteiger partial charge in [-0.2, -0.15) is 0 Å². The first-order valence-corrected chi connectivity index (χ1v) is 9.14. The molecule has 1 amide bonds. The molecule has 0 saturated carbocycles. The highest BCUT2D eigenvalue weighted by Crippen LogP contribution is 2.26. The maximum Gasteiger partial charge on any atom is 0.227 e. The Kier molecular flexibility index (Phi) is 10.2. The summed E-state index contributed by atoms with van der Waals surface area (Å²) in [5, 5.41) is 3.34. The number of ether oxygens (including phenoxy) is 2. The minimum Gasteiger partial charge on any atom is -0.497 e. The van der Waals surface area contributed by atoms with Crippen LogP contribution in [-0.4, -0.2) is 69.2 Å². The van der Waals surface area contributed by atoms with Crippen molar-refractivity contribution in [1.82, 2.24) is 15.1 Å². The Bertz CT molecular complexity index is 590. The molecule has 1 aromatic rings. The molecule has 2 fully saturated rings. The highest BCUT2D eigenvalue weighted by molar-refractivity contribution is 5.85. The van der Waals surface area contributed by atoms with Crippen LogP contribution in [0.25, 0.3) is 0 Å². The molecule has 1 atom stereocenters. The van der Waals surface area contributed by atoms with Crippen molar-refractivity contribution in [3.63, 3.8) is 0 Å². The Morgan fingerprint density at radius 2 is 1.89 bits per heavy atom. The average molecular weight is 420 g/mol. The maximum atomic E-state index is 12.6. The lowest BCUT2D eigenvalue weighted by Gasteiger charge is -2.37. The average Bonchev–Trinajstić information content (AvgIpc) is 2.68. The second-order valence-corrected chi connectivity index (χ2v) is 6.82. The molecule has 2 aliphatic heterocycles. The van der Waals surface area contributed by atoms with Gasteiger partial charge >= 0.3 is 0 Å². The van der Waals surface area contributed by atoms with Gasteiger partial charge in [0.15, 0.2) is 0 Å². The van der Waals surface area contributed by atoms with Crippen molar-refractivity contribution in [2.24, 2.45) is 5.92 Å².